The van der Waals surface area contributed by atoms with Crippen LogP contribution in [0.15, 0.2) is 156 Å². The van der Waals surface area contributed by atoms with Gasteiger partial charge in [-0.3, -0.25) is 0 Å². The van der Waals surface area contributed by atoms with Crippen LogP contribution in [0.25, 0.3) is 55.3 Å². The van der Waals surface area contributed by atoms with Crippen molar-refractivity contribution in [2.45, 2.75) is 33.1 Å². The Morgan fingerprint density at radius 2 is 1.10 bits per heavy atom. The van der Waals surface area contributed by atoms with Crippen molar-refractivity contribution in [3.63, 3.8) is 0 Å². The highest BCUT2D eigenvalue weighted by molar-refractivity contribution is 6.06. The maximum absolute atomic E-state index is 6.48. The van der Waals surface area contributed by atoms with Crippen molar-refractivity contribution in [1.29, 1.82) is 0 Å². The van der Waals surface area contributed by atoms with Gasteiger partial charge in [-0.1, -0.05) is 117 Å². The van der Waals surface area contributed by atoms with E-state index in [1.807, 2.05) is 6.07 Å². The van der Waals surface area contributed by atoms with E-state index in [-0.39, 0.29) is 5.41 Å². The molecule has 0 radical (unpaired) electrons. The molecule has 0 saturated carbocycles. The number of nitrogens with zero attached hydrogens (tertiary/aromatic N) is 1. The molecule has 8 aromatic rings. The topological polar surface area (TPSA) is 16.4 Å². The van der Waals surface area contributed by atoms with Gasteiger partial charge in [0.2, 0.25) is 0 Å². The van der Waals surface area contributed by atoms with Gasteiger partial charge in [0.25, 0.3) is 0 Å². The van der Waals surface area contributed by atoms with Crippen LogP contribution in [0.1, 0.15) is 36.1 Å². The average molecular weight is 632 g/mol. The smallest absolute Gasteiger partial charge is 0.137 e. The van der Waals surface area contributed by atoms with E-state index in [9.17, 15) is 0 Å². The highest BCUT2D eigenvalue weighted by Crippen LogP contribution is 2.52. The van der Waals surface area contributed by atoms with Crippen LogP contribution in [0, 0.1) is 13.8 Å². The van der Waals surface area contributed by atoms with E-state index < -0.39 is 0 Å². The molecule has 0 amide bonds. The molecule has 7 aromatic carbocycles. The third kappa shape index (κ3) is 4.63. The lowest BCUT2D eigenvalue weighted by Gasteiger charge is -2.32. The zero-order chi connectivity index (χ0) is 33.3. The molecule has 0 unspecified atom stereocenters. The first-order valence-corrected chi connectivity index (χ1v) is 17.1. The summed E-state index contributed by atoms with van der Waals surface area (Å²) in [6, 6.07) is 55.1. The minimum Gasteiger partial charge on any atom is -0.456 e. The zero-order valence-electron chi connectivity index (χ0n) is 28.3. The van der Waals surface area contributed by atoms with Crippen LogP contribution >= 0.6 is 0 Å². The highest BCUT2D eigenvalue weighted by Gasteiger charge is 2.36. The van der Waals surface area contributed by atoms with Crippen LogP contribution in [0.4, 0.5) is 17.1 Å². The molecule has 0 saturated heterocycles. The fraction of sp³-hybridized carbons (Fsp3) is 0.106. The summed E-state index contributed by atoms with van der Waals surface area (Å²) in [7, 11) is 0. The van der Waals surface area contributed by atoms with E-state index >= 15 is 0 Å². The van der Waals surface area contributed by atoms with E-state index in [0.717, 1.165) is 39.0 Å². The summed E-state index contributed by atoms with van der Waals surface area (Å²) in [6.07, 6.45) is 0. The van der Waals surface area contributed by atoms with Gasteiger partial charge >= 0.3 is 0 Å². The van der Waals surface area contributed by atoms with Crippen molar-refractivity contribution < 1.29 is 4.42 Å². The van der Waals surface area contributed by atoms with Crippen molar-refractivity contribution in [3.8, 4) is 33.4 Å². The van der Waals surface area contributed by atoms with Gasteiger partial charge in [-0.2, -0.15) is 0 Å². The quantitative estimate of drug-likeness (QED) is 0.188. The largest absolute Gasteiger partial charge is 0.456 e. The molecule has 0 fully saturated rings. The Bertz CT molecular complexity index is 2550. The number of hydrogen-bond donors (Lipinski definition) is 0. The van der Waals surface area contributed by atoms with Crippen molar-refractivity contribution >= 4 is 39.0 Å². The van der Waals surface area contributed by atoms with Crippen LogP contribution in [0.2, 0.25) is 0 Å². The molecular weight excluding hydrogens is 595 g/mol. The lowest BCUT2D eigenvalue weighted by Crippen LogP contribution is -2.17. The monoisotopic (exact) mass is 631 g/mol. The summed E-state index contributed by atoms with van der Waals surface area (Å²) in [5.74, 6) is 0. The summed E-state index contributed by atoms with van der Waals surface area (Å²) in [6.45, 7) is 9.17. The Morgan fingerprint density at radius 3 is 1.94 bits per heavy atom. The molecule has 0 spiro atoms. The average Bonchev–Trinajstić information content (AvgIpc) is 3.61. The number of para-hydroxylation sites is 1. The molecule has 1 aromatic heterocycles. The summed E-state index contributed by atoms with van der Waals surface area (Å²) < 4.78 is 6.48. The maximum atomic E-state index is 6.48. The molecule has 9 rings (SSSR count). The minimum atomic E-state index is -0.124. The van der Waals surface area contributed by atoms with Crippen LogP contribution in [0.3, 0.4) is 0 Å². The van der Waals surface area contributed by atoms with Crippen LogP contribution in [-0.4, -0.2) is 0 Å². The number of anilines is 3. The molecule has 0 aliphatic heterocycles. The first-order valence-electron chi connectivity index (χ1n) is 17.1. The Kier molecular flexibility index (Phi) is 6.64. The molecule has 1 aliphatic carbocycles. The standard InChI is InChI=1S/C47H37NO/c1-30-14-8-9-17-36(30)41-27-33(32-15-6-5-7-16-32)26-31(2)46(41)48(35-23-25-40-39-19-11-13-21-44(39)49-45(40)29-35)34-22-24-38-37-18-10-12-20-42(37)47(3,4)43(38)28-34/h5-29H,1-4H3. The summed E-state index contributed by atoms with van der Waals surface area (Å²) >= 11 is 0. The predicted octanol–water partition coefficient (Wildman–Crippen LogP) is 13.3. The second kappa shape index (κ2) is 11.1. The van der Waals surface area contributed by atoms with Crippen LogP contribution < -0.4 is 4.90 Å². The van der Waals surface area contributed by atoms with E-state index in [1.54, 1.807) is 0 Å². The van der Waals surface area contributed by atoms with Crippen LogP contribution in [0.5, 0.6) is 0 Å². The molecule has 2 nitrogen and oxygen atoms in total. The first-order chi connectivity index (χ1) is 23.9. The van der Waals surface area contributed by atoms with Crippen molar-refractivity contribution in [2.24, 2.45) is 0 Å². The van der Waals surface area contributed by atoms with Gasteiger partial charge in [0.15, 0.2) is 0 Å². The second-order valence-corrected chi connectivity index (χ2v) is 13.9. The normalized spacial score (nSPS) is 13.1. The molecule has 236 valence electrons. The fourth-order valence-corrected chi connectivity index (χ4v) is 8.05. The molecule has 0 atom stereocenters. The lowest BCUT2D eigenvalue weighted by molar-refractivity contribution is 0.660. The molecule has 0 bridgehead atoms. The molecule has 49 heavy (non-hydrogen) atoms. The summed E-state index contributed by atoms with van der Waals surface area (Å²) in [4.78, 5) is 2.46. The first kappa shape index (κ1) is 29.3. The van der Waals surface area contributed by atoms with Gasteiger partial charge in [0.05, 0.1) is 5.69 Å². The third-order valence-electron chi connectivity index (χ3n) is 10.5. The number of aryl methyl sites for hydroxylation is 2. The summed E-state index contributed by atoms with van der Waals surface area (Å²) in [5.41, 5.74) is 17.7. The van der Waals surface area contributed by atoms with Crippen molar-refractivity contribution in [3.05, 3.63) is 174 Å². The SMILES string of the molecule is Cc1ccccc1-c1cc(-c2ccccc2)cc(C)c1N(c1ccc2c(c1)C(C)(C)c1ccccc1-2)c1ccc2c(c1)oc1ccccc12. The van der Waals surface area contributed by atoms with Gasteiger partial charge in [0.1, 0.15) is 11.2 Å². The van der Waals surface area contributed by atoms with Gasteiger partial charge in [-0.25, -0.2) is 0 Å². The van der Waals surface area contributed by atoms with E-state index in [0.29, 0.717) is 0 Å². The minimum absolute atomic E-state index is 0.124. The Labute approximate surface area is 287 Å². The molecular formula is C47H37NO. The molecule has 1 heterocycles. The van der Waals surface area contributed by atoms with E-state index in [2.05, 4.69) is 178 Å². The molecule has 0 N–H and O–H groups in total. The third-order valence-corrected chi connectivity index (χ3v) is 10.5. The predicted molar refractivity (Wildman–Crippen MR) is 206 cm³/mol. The maximum Gasteiger partial charge on any atom is 0.137 e. The van der Waals surface area contributed by atoms with Gasteiger partial charge in [-0.15, -0.1) is 0 Å². The van der Waals surface area contributed by atoms with Crippen molar-refractivity contribution in [1.82, 2.24) is 0 Å². The number of hydrogen-bond acceptors (Lipinski definition) is 2. The number of rotatable bonds is 5. The fourth-order valence-electron chi connectivity index (χ4n) is 8.05. The van der Waals surface area contributed by atoms with Gasteiger partial charge < -0.3 is 9.32 Å². The second-order valence-electron chi connectivity index (χ2n) is 13.9. The van der Waals surface area contributed by atoms with Crippen LogP contribution in [-0.2, 0) is 5.41 Å². The number of fused-ring (bicyclic) bond motifs is 6. The Morgan fingerprint density at radius 1 is 0.449 bits per heavy atom. The van der Waals surface area contributed by atoms with E-state index in [4.69, 9.17) is 4.42 Å². The zero-order valence-corrected chi connectivity index (χ0v) is 28.3. The Hall–Kier alpha value is -5.86. The lowest BCUT2D eigenvalue weighted by atomic mass is 9.82. The van der Waals surface area contributed by atoms with E-state index in [1.165, 1.54) is 55.6 Å². The van der Waals surface area contributed by atoms with Gasteiger partial charge in [-0.05, 0) is 106 Å². The highest BCUT2D eigenvalue weighted by atomic mass is 16.3. The molecule has 2 heteroatoms. The molecule has 1 aliphatic rings. The number of benzene rings is 7. The summed E-state index contributed by atoms with van der Waals surface area (Å²) in [5, 5.41) is 2.26. The number of furan rings is 1. The van der Waals surface area contributed by atoms with Gasteiger partial charge in [0, 0.05) is 39.2 Å². The van der Waals surface area contributed by atoms with Crippen molar-refractivity contribution in [2.75, 3.05) is 4.90 Å². The Balaban J connectivity index is 1.34.